The molecule has 1 saturated carbocycles. The fourth-order valence-electron chi connectivity index (χ4n) is 3.22. The fourth-order valence-corrected chi connectivity index (χ4v) is 3.22. The van der Waals surface area contributed by atoms with E-state index in [0.29, 0.717) is 6.61 Å². The van der Waals surface area contributed by atoms with Crippen molar-refractivity contribution in [1.29, 1.82) is 0 Å². The number of hydrogen-bond donors (Lipinski definition) is 2. The zero-order valence-corrected chi connectivity index (χ0v) is 13.8. The van der Waals surface area contributed by atoms with Crippen molar-refractivity contribution in [2.75, 3.05) is 33.8 Å². The second kappa shape index (κ2) is 10.6. The van der Waals surface area contributed by atoms with Crippen molar-refractivity contribution >= 4 is 0 Å². The molecule has 0 aromatic rings. The Kier molecular flexibility index (Phi) is 9.49. The topological polar surface area (TPSA) is 35.5 Å². The molecule has 0 spiro atoms. The first-order valence-corrected chi connectivity index (χ1v) is 8.69. The number of aliphatic hydroxyl groups excluding tert-OH is 1. The minimum Gasteiger partial charge on any atom is -0.394 e. The molecular weight excluding hydrogens is 248 g/mol. The molecule has 0 aromatic carbocycles. The zero-order valence-electron chi connectivity index (χ0n) is 13.8. The molecule has 1 aliphatic rings. The van der Waals surface area contributed by atoms with Gasteiger partial charge in [-0.2, -0.15) is 0 Å². The third-order valence-corrected chi connectivity index (χ3v) is 4.67. The van der Waals surface area contributed by atoms with Gasteiger partial charge in [0.15, 0.2) is 0 Å². The van der Waals surface area contributed by atoms with Crippen molar-refractivity contribution in [1.82, 2.24) is 10.2 Å². The first-order valence-electron chi connectivity index (χ1n) is 8.69. The maximum Gasteiger partial charge on any atom is 0.0613 e. The lowest BCUT2D eigenvalue weighted by Crippen LogP contribution is -2.50. The number of nitrogens with one attached hydrogen (secondary N) is 1. The standard InChI is InChI=1S/C17H36N2O/c1-19(2)15-14-18-17(16-20)12-10-8-6-4-3-5-7-9-11-13-17/h18,20H,3-16H2,1-2H3. The molecule has 1 aliphatic carbocycles. The molecule has 0 atom stereocenters. The third kappa shape index (κ3) is 7.61. The van der Waals surface area contributed by atoms with Gasteiger partial charge >= 0.3 is 0 Å². The van der Waals surface area contributed by atoms with E-state index in [1.807, 2.05) is 0 Å². The molecular formula is C17H36N2O. The summed E-state index contributed by atoms with van der Waals surface area (Å²) in [5.41, 5.74) is -0.0186. The van der Waals surface area contributed by atoms with Gasteiger partial charge in [0.1, 0.15) is 0 Å². The minimum atomic E-state index is -0.0186. The number of nitrogens with zero attached hydrogens (tertiary/aromatic N) is 1. The van der Waals surface area contributed by atoms with Gasteiger partial charge in [0, 0.05) is 18.6 Å². The lowest BCUT2D eigenvalue weighted by atomic mass is 9.86. The summed E-state index contributed by atoms with van der Waals surface area (Å²) in [4.78, 5) is 2.20. The molecule has 0 radical (unpaired) electrons. The quantitative estimate of drug-likeness (QED) is 0.814. The Labute approximate surface area is 126 Å². The van der Waals surface area contributed by atoms with Crippen LogP contribution in [0.4, 0.5) is 0 Å². The van der Waals surface area contributed by atoms with Gasteiger partial charge < -0.3 is 15.3 Å². The average Bonchev–Trinajstić information content (AvgIpc) is 2.41. The lowest BCUT2D eigenvalue weighted by Gasteiger charge is -2.34. The monoisotopic (exact) mass is 284 g/mol. The van der Waals surface area contributed by atoms with Crippen LogP contribution in [0.25, 0.3) is 0 Å². The first-order chi connectivity index (χ1) is 9.68. The number of hydrogen-bond acceptors (Lipinski definition) is 3. The van der Waals surface area contributed by atoms with E-state index in [-0.39, 0.29) is 5.54 Å². The summed E-state index contributed by atoms with van der Waals surface area (Å²) >= 11 is 0. The molecule has 3 heteroatoms. The molecule has 0 amide bonds. The van der Waals surface area contributed by atoms with E-state index in [1.165, 1.54) is 57.8 Å². The van der Waals surface area contributed by atoms with Crippen molar-refractivity contribution in [3.05, 3.63) is 0 Å². The summed E-state index contributed by atoms with van der Waals surface area (Å²) in [6, 6.07) is 0. The van der Waals surface area contributed by atoms with Crippen LogP contribution in [0.15, 0.2) is 0 Å². The lowest BCUT2D eigenvalue weighted by molar-refractivity contribution is 0.132. The van der Waals surface area contributed by atoms with E-state index in [9.17, 15) is 5.11 Å². The van der Waals surface area contributed by atoms with Crippen LogP contribution in [0.1, 0.15) is 70.6 Å². The number of likely N-dealkylation sites (N-methyl/N-ethyl adjacent to an activating group) is 1. The third-order valence-electron chi connectivity index (χ3n) is 4.67. The smallest absolute Gasteiger partial charge is 0.0613 e. The van der Waals surface area contributed by atoms with E-state index in [2.05, 4.69) is 24.3 Å². The maximum atomic E-state index is 9.94. The van der Waals surface area contributed by atoms with E-state index in [0.717, 1.165) is 25.9 Å². The molecule has 0 saturated heterocycles. The highest BCUT2D eigenvalue weighted by Gasteiger charge is 2.27. The maximum absolute atomic E-state index is 9.94. The zero-order chi connectivity index (χ0) is 14.7. The highest BCUT2D eigenvalue weighted by atomic mass is 16.3. The van der Waals surface area contributed by atoms with Crippen molar-refractivity contribution in [2.45, 2.75) is 76.2 Å². The van der Waals surface area contributed by atoms with Gasteiger partial charge in [-0.3, -0.25) is 0 Å². The van der Waals surface area contributed by atoms with Crippen LogP contribution in [0.3, 0.4) is 0 Å². The minimum absolute atomic E-state index is 0.0186. The Morgan fingerprint density at radius 1 is 0.850 bits per heavy atom. The number of aliphatic hydroxyl groups is 1. The van der Waals surface area contributed by atoms with E-state index < -0.39 is 0 Å². The summed E-state index contributed by atoms with van der Waals surface area (Å²) in [5, 5.41) is 13.6. The molecule has 120 valence electrons. The largest absolute Gasteiger partial charge is 0.394 e. The van der Waals surface area contributed by atoms with Crippen LogP contribution in [-0.2, 0) is 0 Å². The van der Waals surface area contributed by atoms with E-state index >= 15 is 0 Å². The fraction of sp³-hybridized carbons (Fsp3) is 1.00. The molecule has 1 fully saturated rings. The molecule has 0 aromatic heterocycles. The van der Waals surface area contributed by atoms with E-state index in [4.69, 9.17) is 0 Å². The SMILES string of the molecule is CN(C)CCNC1(CO)CCCCCCCCCCC1. The number of rotatable bonds is 5. The Hall–Kier alpha value is -0.120. The van der Waals surface area contributed by atoms with Crippen LogP contribution < -0.4 is 5.32 Å². The molecule has 20 heavy (non-hydrogen) atoms. The van der Waals surface area contributed by atoms with Crippen molar-refractivity contribution < 1.29 is 5.11 Å². The van der Waals surface area contributed by atoms with Crippen molar-refractivity contribution in [3.63, 3.8) is 0 Å². The summed E-state index contributed by atoms with van der Waals surface area (Å²) in [6.45, 7) is 2.32. The highest BCUT2D eigenvalue weighted by molar-refractivity contribution is 4.87. The molecule has 2 N–H and O–H groups in total. The van der Waals surface area contributed by atoms with Gasteiger partial charge in [0.05, 0.1) is 6.61 Å². The second-order valence-electron chi connectivity index (χ2n) is 6.85. The molecule has 3 nitrogen and oxygen atoms in total. The predicted molar refractivity (Wildman–Crippen MR) is 87.2 cm³/mol. The van der Waals surface area contributed by atoms with Crippen LogP contribution >= 0.6 is 0 Å². The van der Waals surface area contributed by atoms with Crippen LogP contribution in [0, 0.1) is 0 Å². The van der Waals surface area contributed by atoms with Gasteiger partial charge in [0.25, 0.3) is 0 Å². The van der Waals surface area contributed by atoms with Gasteiger partial charge in [-0.05, 0) is 26.9 Å². The van der Waals surface area contributed by atoms with Gasteiger partial charge in [-0.15, -0.1) is 0 Å². The normalized spacial score (nSPS) is 22.2. The van der Waals surface area contributed by atoms with Crippen molar-refractivity contribution in [3.8, 4) is 0 Å². The first kappa shape index (κ1) is 17.9. The Bertz CT molecular complexity index is 219. The van der Waals surface area contributed by atoms with Gasteiger partial charge in [-0.1, -0.05) is 57.8 Å². The predicted octanol–water partition coefficient (Wildman–Crippen LogP) is 3.17. The molecule has 0 unspecified atom stereocenters. The van der Waals surface area contributed by atoms with Crippen molar-refractivity contribution in [2.24, 2.45) is 0 Å². The Morgan fingerprint density at radius 3 is 1.70 bits per heavy atom. The summed E-state index contributed by atoms with van der Waals surface area (Å²) in [6.07, 6.45) is 14.4. The second-order valence-corrected chi connectivity index (χ2v) is 6.85. The average molecular weight is 284 g/mol. The molecule has 1 rings (SSSR count). The molecule has 0 bridgehead atoms. The van der Waals surface area contributed by atoms with Gasteiger partial charge in [-0.25, -0.2) is 0 Å². The Morgan fingerprint density at radius 2 is 1.30 bits per heavy atom. The van der Waals surface area contributed by atoms with Crippen LogP contribution in [0.5, 0.6) is 0 Å². The van der Waals surface area contributed by atoms with E-state index in [1.54, 1.807) is 0 Å². The van der Waals surface area contributed by atoms with Crippen LogP contribution in [0.2, 0.25) is 0 Å². The highest BCUT2D eigenvalue weighted by Crippen LogP contribution is 2.24. The summed E-state index contributed by atoms with van der Waals surface area (Å²) in [5.74, 6) is 0. The molecule has 0 aliphatic heterocycles. The van der Waals surface area contributed by atoms with Crippen LogP contribution in [-0.4, -0.2) is 49.3 Å². The summed E-state index contributed by atoms with van der Waals surface area (Å²) in [7, 11) is 4.21. The molecule has 0 heterocycles. The van der Waals surface area contributed by atoms with Gasteiger partial charge in [0.2, 0.25) is 0 Å². The Balaban J connectivity index is 2.46. The summed E-state index contributed by atoms with van der Waals surface area (Å²) < 4.78 is 0.